The molecule has 1 N–H and O–H groups in total. The van der Waals surface area contributed by atoms with Crippen LogP contribution in [0.5, 0.6) is 0 Å². The molecule has 1 atom stereocenters. The second kappa shape index (κ2) is 8.45. The third-order valence-corrected chi connectivity index (χ3v) is 6.78. The number of hydrogen-bond donors (Lipinski definition) is 1. The molecule has 2 aromatic carbocycles. The maximum atomic E-state index is 12.8. The number of aldehydes is 1. The second-order valence-corrected chi connectivity index (χ2v) is 8.81. The predicted octanol–water partition coefficient (Wildman–Crippen LogP) is 3.18. The highest BCUT2D eigenvalue weighted by molar-refractivity contribution is 7.89. The van der Waals surface area contributed by atoms with Gasteiger partial charge in [0.15, 0.2) is 6.29 Å². The van der Waals surface area contributed by atoms with E-state index in [1.807, 2.05) is 24.3 Å². The van der Waals surface area contributed by atoms with Crippen molar-refractivity contribution in [1.29, 1.82) is 0 Å². The normalized spacial score (nSPS) is 13.1. The Morgan fingerprint density at radius 3 is 2.50 bits per heavy atom. The summed E-state index contributed by atoms with van der Waals surface area (Å²) < 4.78 is 28.7. The number of carbonyl (C=O) groups excluding carboxylic acids is 1. The summed E-state index contributed by atoms with van der Waals surface area (Å²) in [4.78, 5) is 11.4. The van der Waals surface area contributed by atoms with E-state index < -0.39 is 16.1 Å². The van der Waals surface area contributed by atoms with Gasteiger partial charge in [-0.1, -0.05) is 36.7 Å². The SMILES string of the molecule is CCN(CC(O)Cn1cc(C=O)c2ccccc21)S(=O)(=O)c1ccc(Cl)cc1. The van der Waals surface area contributed by atoms with Gasteiger partial charge in [0.2, 0.25) is 10.0 Å². The van der Waals surface area contributed by atoms with E-state index in [0.29, 0.717) is 10.6 Å². The third kappa shape index (κ3) is 4.12. The van der Waals surface area contributed by atoms with E-state index >= 15 is 0 Å². The van der Waals surface area contributed by atoms with Crippen molar-refractivity contribution in [3.8, 4) is 0 Å². The zero-order chi connectivity index (χ0) is 20.3. The number of halogens is 1. The molecule has 8 heteroatoms. The van der Waals surface area contributed by atoms with Gasteiger partial charge in [-0.2, -0.15) is 4.31 Å². The average Bonchev–Trinajstić information content (AvgIpc) is 3.04. The number of para-hydroxylation sites is 1. The summed E-state index contributed by atoms with van der Waals surface area (Å²) in [6.45, 7) is 2.04. The van der Waals surface area contributed by atoms with Gasteiger partial charge in [0.25, 0.3) is 0 Å². The van der Waals surface area contributed by atoms with Crippen LogP contribution in [0.15, 0.2) is 59.6 Å². The quantitative estimate of drug-likeness (QED) is 0.567. The van der Waals surface area contributed by atoms with Crippen LogP contribution >= 0.6 is 11.6 Å². The molecule has 1 aromatic heterocycles. The van der Waals surface area contributed by atoms with Gasteiger partial charge in [0.05, 0.1) is 11.0 Å². The average molecular weight is 421 g/mol. The highest BCUT2D eigenvalue weighted by Gasteiger charge is 2.25. The van der Waals surface area contributed by atoms with Crippen LogP contribution in [0.1, 0.15) is 17.3 Å². The number of benzene rings is 2. The van der Waals surface area contributed by atoms with Crippen LogP contribution in [0.3, 0.4) is 0 Å². The molecule has 28 heavy (non-hydrogen) atoms. The van der Waals surface area contributed by atoms with E-state index in [1.54, 1.807) is 17.7 Å². The fourth-order valence-electron chi connectivity index (χ4n) is 3.19. The molecule has 0 aliphatic heterocycles. The van der Waals surface area contributed by atoms with E-state index in [0.717, 1.165) is 17.2 Å². The number of aromatic nitrogens is 1. The number of rotatable bonds is 8. The van der Waals surface area contributed by atoms with E-state index in [2.05, 4.69) is 0 Å². The fraction of sp³-hybridized carbons (Fsp3) is 0.250. The zero-order valence-corrected chi connectivity index (χ0v) is 16.9. The molecule has 0 radical (unpaired) electrons. The van der Waals surface area contributed by atoms with Crippen molar-refractivity contribution < 1.29 is 18.3 Å². The summed E-state index contributed by atoms with van der Waals surface area (Å²) in [6.07, 6.45) is 1.50. The molecule has 0 spiro atoms. The Morgan fingerprint density at radius 2 is 1.86 bits per heavy atom. The highest BCUT2D eigenvalue weighted by atomic mass is 35.5. The monoisotopic (exact) mass is 420 g/mol. The van der Waals surface area contributed by atoms with Gasteiger partial charge in [0.1, 0.15) is 0 Å². The summed E-state index contributed by atoms with van der Waals surface area (Å²) in [7, 11) is -3.75. The van der Waals surface area contributed by atoms with Crippen molar-refractivity contribution in [1.82, 2.24) is 8.87 Å². The molecule has 1 heterocycles. The molecular weight excluding hydrogens is 400 g/mol. The predicted molar refractivity (Wildman–Crippen MR) is 109 cm³/mol. The summed E-state index contributed by atoms with van der Waals surface area (Å²) in [5.41, 5.74) is 1.34. The topological polar surface area (TPSA) is 79.6 Å². The summed E-state index contributed by atoms with van der Waals surface area (Å²) in [6, 6.07) is 13.3. The van der Waals surface area contributed by atoms with Gasteiger partial charge in [-0.05, 0) is 30.3 Å². The Bertz CT molecular complexity index is 1080. The van der Waals surface area contributed by atoms with Crippen LogP contribution in [0.25, 0.3) is 10.9 Å². The van der Waals surface area contributed by atoms with E-state index in [1.165, 1.54) is 28.6 Å². The molecule has 0 fully saturated rings. The minimum atomic E-state index is -3.75. The minimum Gasteiger partial charge on any atom is -0.390 e. The molecule has 0 aliphatic carbocycles. The molecule has 0 aliphatic rings. The lowest BCUT2D eigenvalue weighted by Crippen LogP contribution is -2.38. The zero-order valence-electron chi connectivity index (χ0n) is 15.3. The van der Waals surface area contributed by atoms with Crippen molar-refractivity contribution in [3.63, 3.8) is 0 Å². The van der Waals surface area contributed by atoms with Crippen molar-refractivity contribution in [2.24, 2.45) is 0 Å². The number of carbonyl (C=O) groups is 1. The first-order valence-electron chi connectivity index (χ1n) is 8.83. The van der Waals surface area contributed by atoms with Gasteiger partial charge >= 0.3 is 0 Å². The van der Waals surface area contributed by atoms with E-state index in [4.69, 9.17) is 11.6 Å². The number of fused-ring (bicyclic) bond motifs is 1. The van der Waals surface area contributed by atoms with Gasteiger partial charge in [-0.3, -0.25) is 4.79 Å². The Labute approximate surface area is 169 Å². The minimum absolute atomic E-state index is 0.0651. The third-order valence-electron chi connectivity index (χ3n) is 4.57. The Morgan fingerprint density at radius 1 is 1.18 bits per heavy atom. The standard InChI is InChI=1S/C20H21ClN2O4S/c1-2-23(28(26,27)18-9-7-16(21)8-10-18)13-17(25)12-22-11-15(14-24)19-5-3-4-6-20(19)22/h3-11,14,17,25H,2,12-13H2,1H3. The fourth-order valence-corrected chi connectivity index (χ4v) is 4.81. The second-order valence-electron chi connectivity index (χ2n) is 6.44. The number of sulfonamides is 1. The van der Waals surface area contributed by atoms with Gasteiger partial charge < -0.3 is 9.67 Å². The first-order valence-corrected chi connectivity index (χ1v) is 10.7. The first-order chi connectivity index (χ1) is 13.4. The van der Waals surface area contributed by atoms with Crippen LogP contribution < -0.4 is 0 Å². The summed E-state index contributed by atoms with van der Waals surface area (Å²) >= 11 is 5.84. The first kappa shape index (κ1) is 20.5. The van der Waals surface area contributed by atoms with Crippen molar-refractivity contribution in [2.45, 2.75) is 24.5 Å². The number of aliphatic hydroxyl groups is 1. The van der Waals surface area contributed by atoms with Gasteiger partial charge in [-0.25, -0.2) is 8.42 Å². The van der Waals surface area contributed by atoms with Crippen molar-refractivity contribution >= 4 is 38.8 Å². The lowest BCUT2D eigenvalue weighted by atomic mass is 10.2. The molecule has 3 aromatic rings. The van der Waals surface area contributed by atoms with Crippen LogP contribution in [-0.4, -0.2) is 47.9 Å². The Hall–Kier alpha value is -2.19. The largest absolute Gasteiger partial charge is 0.390 e. The summed E-state index contributed by atoms with van der Waals surface area (Å²) in [5, 5.41) is 11.8. The molecule has 0 bridgehead atoms. The van der Waals surface area contributed by atoms with Gasteiger partial charge in [0, 0.05) is 47.3 Å². The maximum Gasteiger partial charge on any atom is 0.243 e. The van der Waals surface area contributed by atoms with Crippen LogP contribution in [0, 0.1) is 0 Å². The molecule has 0 amide bonds. The van der Waals surface area contributed by atoms with Crippen LogP contribution in [0.2, 0.25) is 5.02 Å². The Kier molecular flexibility index (Phi) is 6.20. The molecule has 148 valence electrons. The van der Waals surface area contributed by atoms with Crippen LogP contribution in [-0.2, 0) is 16.6 Å². The van der Waals surface area contributed by atoms with Crippen LogP contribution in [0.4, 0.5) is 0 Å². The Balaban J connectivity index is 1.80. The van der Waals surface area contributed by atoms with Crippen molar-refractivity contribution in [2.75, 3.05) is 13.1 Å². The molecule has 0 saturated heterocycles. The molecule has 3 rings (SSSR count). The van der Waals surface area contributed by atoms with E-state index in [-0.39, 0.29) is 24.5 Å². The molecular formula is C20H21ClN2O4S. The lowest BCUT2D eigenvalue weighted by molar-refractivity contribution is 0.112. The summed E-state index contributed by atoms with van der Waals surface area (Å²) in [5.74, 6) is 0. The van der Waals surface area contributed by atoms with E-state index in [9.17, 15) is 18.3 Å². The number of nitrogens with zero attached hydrogens (tertiary/aromatic N) is 2. The highest BCUT2D eigenvalue weighted by Crippen LogP contribution is 2.22. The van der Waals surface area contributed by atoms with Gasteiger partial charge in [-0.15, -0.1) is 0 Å². The molecule has 0 saturated carbocycles. The smallest absolute Gasteiger partial charge is 0.243 e. The number of hydrogen-bond acceptors (Lipinski definition) is 4. The number of likely N-dealkylation sites (N-methyl/N-ethyl adjacent to an activating group) is 1. The number of aliphatic hydroxyl groups excluding tert-OH is 1. The molecule has 6 nitrogen and oxygen atoms in total. The molecule has 1 unspecified atom stereocenters. The maximum absolute atomic E-state index is 12.8. The van der Waals surface area contributed by atoms with Crippen molar-refractivity contribution in [3.05, 3.63) is 65.3 Å². The lowest BCUT2D eigenvalue weighted by Gasteiger charge is -2.24.